The third-order valence-corrected chi connectivity index (χ3v) is 2.56. The van der Waals surface area contributed by atoms with E-state index in [-0.39, 0.29) is 10.9 Å². The molecule has 2 aromatic rings. The van der Waals surface area contributed by atoms with Gasteiger partial charge >= 0.3 is 12.1 Å². The molecule has 0 aliphatic carbocycles. The summed E-state index contributed by atoms with van der Waals surface area (Å²) in [6.07, 6.45) is -3.97. The second-order valence-electron chi connectivity index (χ2n) is 3.75. The number of benzene rings is 1. The fraction of sp³-hybridized carbons (Fsp3) is 0.182. The van der Waals surface area contributed by atoms with Crippen LogP contribution in [0.25, 0.3) is 10.9 Å². The van der Waals surface area contributed by atoms with Gasteiger partial charge in [0, 0.05) is 22.7 Å². The van der Waals surface area contributed by atoms with Gasteiger partial charge in [-0.05, 0) is 18.2 Å². The van der Waals surface area contributed by atoms with E-state index in [0.717, 1.165) is 24.4 Å². The van der Waals surface area contributed by atoms with E-state index in [1.165, 1.54) is 0 Å². The van der Waals surface area contributed by atoms with Crippen molar-refractivity contribution in [3.05, 3.63) is 35.8 Å². The molecule has 1 aromatic carbocycles. The summed E-state index contributed by atoms with van der Waals surface area (Å²) >= 11 is 0. The van der Waals surface area contributed by atoms with Crippen molar-refractivity contribution in [1.29, 1.82) is 0 Å². The number of alkyl halides is 3. The number of carboxylic acid groups (broad SMARTS) is 1. The van der Waals surface area contributed by atoms with E-state index >= 15 is 0 Å². The second kappa shape index (κ2) is 4.01. The molecule has 0 saturated carbocycles. The van der Waals surface area contributed by atoms with Crippen molar-refractivity contribution < 1.29 is 27.5 Å². The Bertz CT molecular complexity index is 603. The Balaban J connectivity index is 2.62. The molecule has 96 valence electrons. The lowest BCUT2D eigenvalue weighted by atomic mass is 9.98. The molecule has 1 aromatic heterocycles. The summed E-state index contributed by atoms with van der Waals surface area (Å²) in [5.74, 6) is -5.24. The number of aromatic amines is 1. The molecule has 2 N–H and O–H groups in total. The van der Waals surface area contributed by atoms with E-state index < -0.39 is 29.4 Å². The first-order valence-electron chi connectivity index (χ1n) is 4.87. The molecule has 0 fully saturated rings. The van der Waals surface area contributed by atoms with Crippen LogP contribution in [0.3, 0.4) is 0 Å². The van der Waals surface area contributed by atoms with E-state index in [4.69, 9.17) is 5.11 Å². The number of H-pyrrole nitrogens is 1. The Labute approximate surface area is 98.0 Å². The van der Waals surface area contributed by atoms with E-state index in [1.54, 1.807) is 0 Å². The molecular weight excluding hydrogens is 254 g/mol. The number of hydrogen-bond acceptors (Lipinski definition) is 1. The van der Waals surface area contributed by atoms with Crippen molar-refractivity contribution in [2.45, 2.75) is 12.1 Å². The lowest BCUT2D eigenvalue weighted by Gasteiger charge is -2.15. The zero-order chi connectivity index (χ0) is 13.5. The van der Waals surface area contributed by atoms with Crippen LogP contribution in [0.5, 0.6) is 0 Å². The van der Waals surface area contributed by atoms with E-state index in [1.807, 2.05) is 0 Å². The quantitative estimate of drug-likeness (QED) is 0.816. The smallest absolute Gasteiger partial charge is 0.406 e. The Kier molecular flexibility index (Phi) is 2.76. The monoisotopic (exact) mass is 261 g/mol. The highest BCUT2D eigenvalue weighted by Gasteiger charge is 2.47. The number of carbonyl (C=O) groups is 1. The molecule has 1 atom stereocenters. The normalized spacial score (nSPS) is 13.8. The predicted molar refractivity (Wildman–Crippen MR) is 54.7 cm³/mol. The summed E-state index contributed by atoms with van der Waals surface area (Å²) in [6.45, 7) is 0. The number of carboxylic acids is 1. The zero-order valence-electron chi connectivity index (χ0n) is 8.75. The zero-order valence-corrected chi connectivity index (χ0v) is 8.75. The summed E-state index contributed by atoms with van der Waals surface area (Å²) in [5.41, 5.74) is -0.300. The van der Waals surface area contributed by atoms with E-state index in [2.05, 4.69) is 4.98 Å². The van der Waals surface area contributed by atoms with Crippen LogP contribution in [0, 0.1) is 5.82 Å². The van der Waals surface area contributed by atoms with Crippen molar-refractivity contribution in [2.24, 2.45) is 0 Å². The van der Waals surface area contributed by atoms with Gasteiger partial charge in [-0.1, -0.05) is 0 Å². The van der Waals surface area contributed by atoms with Crippen molar-refractivity contribution in [3.8, 4) is 0 Å². The number of fused-ring (bicyclic) bond motifs is 1. The Morgan fingerprint density at radius 2 is 2.00 bits per heavy atom. The number of nitrogens with one attached hydrogen (secondary N) is 1. The van der Waals surface area contributed by atoms with Crippen LogP contribution < -0.4 is 0 Å². The summed E-state index contributed by atoms with van der Waals surface area (Å²) in [5, 5.41) is 8.73. The van der Waals surface area contributed by atoms with Gasteiger partial charge in [-0.25, -0.2) is 4.39 Å². The average Bonchev–Trinajstić information content (AvgIpc) is 2.58. The molecule has 0 aliphatic rings. The van der Waals surface area contributed by atoms with E-state index in [9.17, 15) is 22.4 Å². The molecule has 0 bridgehead atoms. The first-order valence-corrected chi connectivity index (χ1v) is 4.87. The van der Waals surface area contributed by atoms with Crippen LogP contribution in [0.15, 0.2) is 24.4 Å². The maximum absolute atomic E-state index is 12.9. The fourth-order valence-electron chi connectivity index (χ4n) is 1.81. The first kappa shape index (κ1) is 12.4. The van der Waals surface area contributed by atoms with Gasteiger partial charge in [0.25, 0.3) is 0 Å². The number of hydrogen-bond donors (Lipinski definition) is 2. The molecule has 0 unspecified atom stereocenters. The minimum absolute atomic E-state index is 0.0427. The van der Waals surface area contributed by atoms with Crippen LogP contribution >= 0.6 is 0 Å². The molecule has 18 heavy (non-hydrogen) atoms. The Morgan fingerprint density at radius 1 is 1.33 bits per heavy atom. The average molecular weight is 261 g/mol. The molecule has 0 radical (unpaired) electrons. The minimum Gasteiger partial charge on any atom is -0.481 e. The molecule has 0 amide bonds. The van der Waals surface area contributed by atoms with Crippen molar-refractivity contribution in [2.75, 3.05) is 0 Å². The maximum Gasteiger partial charge on any atom is 0.406 e. The highest BCUT2D eigenvalue weighted by Crippen LogP contribution is 2.38. The third-order valence-electron chi connectivity index (χ3n) is 2.56. The van der Waals surface area contributed by atoms with Crippen molar-refractivity contribution >= 4 is 16.9 Å². The minimum atomic E-state index is -4.91. The number of aliphatic carboxylic acids is 1. The molecular formula is C11H7F4NO2. The molecule has 0 aliphatic heterocycles. The lowest BCUT2D eigenvalue weighted by Crippen LogP contribution is -2.28. The van der Waals surface area contributed by atoms with Gasteiger partial charge < -0.3 is 10.1 Å². The van der Waals surface area contributed by atoms with E-state index in [0.29, 0.717) is 0 Å². The van der Waals surface area contributed by atoms with Crippen LogP contribution in [0.2, 0.25) is 0 Å². The SMILES string of the molecule is O=C(O)[C@@H](c1c[nH]c2cc(F)ccc12)C(F)(F)F. The van der Waals surface area contributed by atoms with Gasteiger partial charge in [-0.15, -0.1) is 0 Å². The Hall–Kier alpha value is -2.05. The molecule has 7 heteroatoms. The summed E-state index contributed by atoms with van der Waals surface area (Å²) < 4.78 is 50.9. The third kappa shape index (κ3) is 2.03. The van der Waals surface area contributed by atoms with Crippen LogP contribution in [0.1, 0.15) is 11.5 Å². The van der Waals surface area contributed by atoms with Gasteiger partial charge in [-0.2, -0.15) is 13.2 Å². The molecule has 0 saturated heterocycles. The van der Waals surface area contributed by atoms with Crippen LogP contribution in [0.4, 0.5) is 17.6 Å². The van der Waals surface area contributed by atoms with Gasteiger partial charge in [0.1, 0.15) is 5.82 Å². The van der Waals surface area contributed by atoms with Crippen molar-refractivity contribution in [3.63, 3.8) is 0 Å². The summed E-state index contributed by atoms with van der Waals surface area (Å²) in [4.78, 5) is 13.2. The lowest BCUT2D eigenvalue weighted by molar-refractivity contribution is -0.176. The number of aromatic nitrogens is 1. The standard InChI is InChI=1S/C11H7F4NO2/c12-5-1-2-6-7(4-16-8(6)3-5)9(10(17)18)11(13,14)15/h1-4,9,16H,(H,17,18)/t9-/m1/s1. The van der Waals surface area contributed by atoms with Crippen LogP contribution in [-0.2, 0) is 4.79 Å². The molecule has 0 spiro atoms. The summed E-state index contributed by atoms with van der Waals surface area (Å²) in [7, 11) is 0. The van der Waals surface area contributed by atoms with Gasteiger partial charge in [0.2, 0.25) is 0 Å². The highest BCUT2D eigenvalue weighted by atomic mass is 19.4. The molecule has 2 rings (SSSR count). The molecule has 1 heterocycles. The topological polar surface area (TPSA) is 53.1 Å². The first-order chi connectivity index (χ1) is 8.30. The number of rotatable bonds is 2. The summed E-state index contributed by atoms with van der Waals surface area (Å²) in [6, 6.07) is 3.11. The largest absolute Gasteiger partial charge is 0.481 e. The van der Waals surface area contributed by atoms with Crippen LogP contribution in [-0.4, -0.2) is 22.2 Å². The van der Waals surface area contributed by atoms with Gasteiger partial charge in [-0.3, -0.25) is 4.79 Å². The fourth-order valence-corrected chi connectivity index (χ4v) is 1.81. The van der Waals surface area contributed by atoms with Gasteiger partial charge in [0.15, 0.2) is 5.92 Å². The molecule has 3 nitrogen and oxygen atoms in total. The second-order valence-corrected chi connectivity index (χ2v) is 3.75. The highest BCUT2D eigenvalue weighted by molar-refractivity contribution is 5.89. The number of halogens is 4. The van der Waals surface area contributed by atoms with Crippen molar-refractivity contribution in [1.82, 2.24) is 4.98 Å². The maximum atomic E-state index is 12.9. The van der Waals surface area contributed by atoms with Gasteiger partial charge in [0.05, 0.1) is 0 Å². The Morgan fingerprint density at radius 3 is 2.56 bits per heavy atom. The predicted octanol–water partition coefficient (Wildman–Crippen LogP) is 3.04.